The number of allylic oxidation sites excluding steroid dienone is 2. The molecule has 14 atom stereocenters. The molecule has 0 aliphatic heterocycles. The molecule has 0 amide bonds. The zero-order valence-electron chi connectivity index (χ0n) is 81.9. The summed E-state index contributed by atoms with van der Waals surface area (Å²) in [4.78, 5) is 40.6. The van der Waals surface area contributed by atoms with E-state index in [1.165, 1.54) is 0 Å². The van der Waals surface area contributed by atoms with Gasteiger partial charge in [-0.15, -0.1) is 6.58 Å². The zero-order valence-corrected chi connectivity index (χ0v) is 88.1. The van der Waals surface area contributed by atoms with Crippen molar-refractivity contribution in [1.29, 1.82) is 0 Å². The summed E-state index contributed by atoms with van der Waals surface area (Å²) in [5.41, 5.74) is 1.54. The van der Waals surface area contributed by atoms with E-state index in [4.69, 9.17) is 93.3 Å². The highest BCUT2D eigenvalue weighted by atomic mass is 127. The summed E-state index contributed by atoms with van der Waals surface area (Å²) < 4.78 is 118. The second kappa shape index (κ2) is 50.0. The fourth-order valence-electron chi connectivity index (χ4n) is 13.5. The van der Waals surface area contributed by atoms with Gasteiger partial charge < -0.3 is 83.4 Å². The lowest BCUT2D eigenvalue weighted by molar-refractivity contribution is -0.168. The van der Waals surface area contributed by atoms with Crippen LogP contribution in [0, 0.1) is 22.7 Å². The Balaban J connectivity index is 1.74. The average Bonchev–Trinajstić information content (AvgIpc) is 1.78. The molecule has 0 aliphatic rings. The van der Waals surface area contributed by atoms with Crippen LogP contribution in [0.4, 0.5) is 0 Å². The Kier molecular flexibility index (Phi) is 45.1. The van der Waals surface area contributed by atoms with Crippen molar-refractivity contribution >= 4 is 67.8 Å². The van der Waals surface area contributed by atoms with Crippen molar-refractivity contribution in [1.82, 2.24) is 9.97 Å². The van der Waals surface area contributed by atoms with E-state index in [1.54, 1.807) is 75.5 Å². The van der Waals surface area contributed by atoms with E-state index in [0.29, 0.717) is 94.5 Å². The van der Waals surface area contributed by atoms with Crippen LogP contribution in [0.25, 0.3) is 0 Å². The molecule has 27 heteroatoms. The molecule has 0 unspecified atom stereocenters. The van der Waals surface area contributed by atoms with Gasteiger partial charge in [0.05, 0.1) is 102 Å². The van der Waals surface area contributed by atoms with Crippen LogP contribution in [-0.4, -0.2) is 186 Å². The smallest absolute Gasteiger partial charge is 0.308 e. The number of carbonyl (C=O) groups excluding carboxylic acids is 2. The summed E-state index contributed by atoms with van der Waals surface area (Å²) in [5, 5.41) is -0.708. The van der Waals surface area contributed by atoms with Crippen LogP contribution in [0.5, 0.6) is 11.5 Å². The van der Waals surface area contributed by atoms with Crippen molar-refractivity contribution in [3.05, 3.63) is 142 Å². The van der Waals surface area contributed by atoms with Crippen molar-refractivity contribution in [3.63, 3.8) is 0 Å². The lowest BCUT2D eigenvalue weighted by Gasteiger charge is -2.47. The molecule has 0 aliphatic carbocycles. The SMILES string of the molecule is C=CC[C@H](OC)c1coc(C[C@H](O[Si](C)(C)C(C)(C)C)C(C)(C)[C@H](C[C@H](OC)[C@@H](C)COCc2ccc(OC)cc2)OC(=O)C[C@H](C[C@H](/C=C/C=C/C[C@H](OC)c2coc(C[C@H](O[Si](C)(C)C(C)(C)C)C(C)(C)[C@H](C[C@H](OC)[C@@H](C)COCc3ccc(OC)cc3)OC(=O)C[C@H](C[C@H](/C=C/I)OC)O[Si](C)(C)C(C)(C)C)n2)OC)O[Si](C)(C)C(C)(C)C)n1. The lowest BCUT2D eigenvalue weighted by Crippen LogP contribution is -2.53. The number of hydrogen-bond acceptors (Lipinski definition) is 22. The molecule has 2 heterocycles. The Morgan fingerprint density at radius 3 is 1.12 bits per heavy atom. The van der Waals surface area contributed by atoms with Gasteiger partial charge in [-0.1, -0.05) is 202 Å². The van der Waals surface area contributed by atoms with Crippen LogP contribution >= 0.6 is 22.6 Å². The summed E-state index contributed by atoms with van der Waals surface area (Å²) in [6, 6.07) is 15.7. The molecular formula is C96H163IN2O20Si4. The monoisotopic (exact) mass is 1900 g/mol. The molecular weight excluding hydrogens is 1740 g/mol. The number of carbonyl (C=O) groups is 2. The maximum atomic E-state index is 15.4. The fraction of sp³-hybridized carbons (Fsp3) is 0.708. The number of ether oxygens (including phenoxy) is 12. The molecule has 0 fully saturated rings. The molecule has 0 bridgehead atoms. The van der Waals surface area contributed by atoms with Gasteiger partial charge in [0.1, 0.15) is 59.8 Å². The molecule has 22 nitrogen and oxygen atoms in total. The number of benzene rings is 2. The molecule has 0 N–H and O–H groups in total. The summed E-state index contributed by atoms with van der Waals surface area (Å²) in [6.07, 6.45) is 11.9. The van der Waals surface area contributed by atoms with E-state index in [-0.39, 0.29) is 63.5 Å². The van der Waals surface area contributed by atoms with Crippen LogP contribution in [-0.2, 0) is 101 Å². The van der Waals surface area contributed by atoms with Crippen molar-refractivity contribution < 1.29 is 93.0 Å². The number of rotatable bonds is 57. The molecule has 700 valence electrons. The number of halogens is 1. The molecule has 0 saturated carbocycles. The third-order valence-corrected chi connectivity index (χ3v) is 44.8. The third kappa shape index (κ3) is 35.0. The summed E-state index contributed by atoms with van der Waals surface area (Å²) in [6.45, 7) is 62.4. The van der Waals surface area contributed by atoms with Gasteiger partial charge in [-0.05, 0) is 131 Å². The van der Waals surface area contributed by atoms with Crippen molar-refractivity contribution in [3.8, 4) is 11.5 Å². The third-order valence-electron chi connectivity index (χ3n) is 26.3. The minimum absolute atomic E-state index is 0.00549. The average molecular weight is 1900 g/mol. The maximum Gasteiger partial charge on any atom is 0.308 e. The fourth-order valence-corrected chi connectivity index (χ4v) is 19.6. The molecule has 4 rings (SSSR count). The lowest BCUT2D eigenvalue weighted by atomic mass is 9.76. The van der Waals surface area contributed by atoms with E-state index in [9.17, 15) is 0 Å². The molecule has 0 saturated heterocycles. The predicted molar refractivity (Wildman–Crippen MR) is 511 cm³/mol. The van der Waals surface area contributed by atoms with Crippen LogP contribution in [0.15, 0.2) is 117 Å². The van der Waals surface area contributed by atoms with Crippen molar-refractivity contribution in [2.24, 2.45) is 22.7 Å². The molecule has 123 heavy (non-hydrogen) atoms. The Bertz CT molecular complexity index is 3810. The summed E-state index contributed by atoms with van der Waals surface area (Å²) in [5.74, 6) is 1.43. The standard InChI is InChI=1S/C96H163IN2O20Si4/c1-36-40-79(106-24)77-65-112-87(98-77)59-85(118-122(32,33)93(10,11)12)95(16,17)83(57-81(108-26)67(2)61-110-63-69-43-47-71(102-20)48-44-69)114-89(100)55-75(116-120(28,29)91(4,5)6)53-73(104-22)41-38-37-39-42-80(107-25)78-66-113-88(99-78)60-86(119-123(34,35)94(13,14)15)96(18,19)84(58-82(109-27)68(3)62-111-64-70-45-49-72(103-21)50-46-70)115-90(101)56-76(54-74(105-23)51-52-97)117-121(30,31)92(7,8)9/h36-39,41,43-52,65-68,73-76,79-86H,1,40,42,53-64H2,2-35H3/b39-37+,41-38+,52-51+/t67-,68-,73-,74-,75-,76-,79-,80-,81-,82-,83-,84-,85-,86-/m0/s1. The van der Waals surface area contributed by atoms with Gasteiger partial charge in [0.15, 0.2) is 45.1 Å². The molecule has 2 aromatic heterocycles. The molecule has 0 radical (unpaired) electrons. The van der Waals surface area contributed by atoms with Gasteiger partial charge in [-0.25, -0.2) is 9.97 Å². The first kappa shape index (κ1) is 111. The maximum absolute atomic E-state index is 15.4. The van der Waals surface area contributed by atoms with Crippen molar-refractivity contribution in [2.75, 3.05) is 70.1 Å². The van der Waals surface area contributed by atoms with E-state index in [0.717, 1.165) is 22.6 Å². The first-order valence-corrected chi connectivity index (χ1v) is 56.8. The van der Waals surface area contributed by atoms with E-state index >= 15 is 9.59 Å². The zero-order chi connectivity index (χ0) is 92.9. The summed E-state index contributed by atoms with van der Waals surface area (Å²) >= 11 is 2.20. The van der Waals surface area contributed by atoms with Crippen LogP contribution in [0.1, 0.15) is 222 Å². The highest BCUT2D eigenvalue weighted by Gasteiger charge is 2.52. The predicted octanol–water partition coefficient (Wildman–Crippen LogP) is 23.4. The molecule has 0 spiro atoms. The van der Waals surface area contributed by atoms with Gasteiger partial charge in [0.25, 0.3) is 0 Å². The van der Waals surface area contributed by atoms with Gasteiger partial charge in [-0.3, -0.25) is 9.59 Å². The Labute approximate surface area is 760 Å². The minimum atomic E-state index is -2.60. The first-order chi connectivity index (χ1) is 57.1. The van der Waals surface area contributed by atoms with Gasteiger partial charge in [0, 0.05) is 104 Å². The normalized spacial score (nSPS) is 17.0. The highest BCUT2D eigenvalue weighted by molar-refractivity contribution is 14.1. The van der Waals surface area contributed by atoms with Gasteiger partial charge in [0.2, 0.25) is 0 Å². The largest absolute Gasteiger partial charge is 0.497 e. The number of methoxy groups -OCH3 is 8. The number of aromatic nitrogens is 2. The van der Waals surface area contributed by atoms with Gasteiger partial charge >= 0.3 is 11.9 Å². The number of oxazole rings is 2. The Hall–Kier alpha value is -4.52. The van der Waals surface area contributed by atoms with Crippen molar-refractivity contribution in [2.45, 2.75) is 348 Å². The number of nitrogens with zero attached hydrogens (tertiary/aromatic N) is 2. The number of hydrogen-bond donors (Lipinski definition) is 0. The van der Waals surface area contributed by atoms with E-state index < -0.39 is 117 Å². The van der Waals surface area contributed by atoms with Crippen LogP contribution in [0.2, 0.25) is 72.5 Å². The number of esters is 2. The first-order valence-electron chi connectivity index (χ1n) is 43.9. The van der Waals surface area contributed by atoms with Crippen LogP contribution in [0.3, 0.4) is 0 Å². The summed E-state index contributed by atoms with van der Waals surface area (Å²) in [7, 11) is 3.26. The second-order valence-electron chi connectivity index (χ2n) is 40.5. The Morgan fingerprint density at radius 1 is 0.455 bits per heavy atom. The van der Waals surface area contributed by atoms with E-state index in [2.05, 4.69) is 206 Å². The quantitative estimate of drug-likeness (QED) is 0.0131. The second-order valence-corrected chi connectivity index (χ2v) is 60.3. The van der Waals surface area contributed by atoms with E-state index in [1.807, 2.05) is 83.0 Å². The molecule has 2 aromatic carbocycles. The minimum Gasteiger partial charge on any atom is -0.497 e. The highest BCUT2D eigenvalue weighted by Crippen LogP contribution is 2.47. The molecule has 4 aromatic rings. The van der Waals surface area contributed by atoms with Gasteiger partial charge in [-0.2, -0.15) is 0 Å². The Morgan fingerprint density at radius 2 is 0.805 bits per heavy atom. The van der Waals surface area contributed by atoms with Crippen LogP contribution < -0.4 is 9.47 Å². The topological polar surface area (TPSA) is 234 Å².